The number of nitrogens with one attached hydrogen (secondary N) is 1. The van der Waals surface area contributed by atoms with Crippen LogP contribution in [0.1, 0.15) is 37.3 Å². The maximum absolute atomic E-state index is 5.94. The summed E-state index contributed by atoms with van der Waals surface area (Å²) in [7, 11) is 1.83. The van der Waals surface area contributed by atoms with Crippen LogP contribution >= 0.6 is 0 Å². The first-order valence-corrected chi connectivity index (χ1v) is 6.07. The number of hydrazine groups is 1. The van der Waals surface area contributed by atoms with Crippen molar-refractivity contribution in [2.45, 2.75) is 37.8 Å². The molecule has 2 heterocycles. The molecule has 1 fully saturated rings. The van der Waals surface area contributed by atoms with Gasteiger partial charge >= 0.3 is 0 Å². The number of hydrogen-bond donors (Lipinski definition) is 3. The second-order valence-corrected chi connectivity index (χ2v) is 4.54. The molecule has 0 amide bonds. The van der Waals surface area contributed by atoms with Crippen molar-refractivity contribution in [2.24, 2.45) is 12.9 Å². The van der Waals surface area contributed by atoms with Crippen LogP contribution in [0.3, 0.4) is 0 Å². The molecule has 1 saturated heterocycles. The Morgan fingerprint density at radius 2 is 2.53 bits per heavy atom. The third kappa shape index (κ3) is 2.77. The van der Waals surface area contributed by atoms with Crippen LogP contribution in [0.15, 0.2) is 6.20 Å². The summed E-state index contributed by atoms with van der Waals surface area (Å²) in [5.74, 6) is 6.25. The van der Waals surface area contributed by atoms with E-state index in [0.717, 1.165) is 31.4 Å². The summed E-state index contributed by atoms with van der Waals surface area (Å²) in [6, 6.07) is 0.0490. The van der Waals surface area contributed by atoms with Crippen LogP contribution in [-0.4, -0.2) is 22.5 Å². The molecule has 1 aliphatic heterocycles. The largest absolute Gasteiger partial charge is 0.384 e. The number of aromatic nitrogens is 2. The van der Waals surface area contributed by atoms with Crippen molar-refractivity contribution in [3.8, 4) is 0 Å². The Balaban J connectivity index is 1.94. The molecule has 2 atom stereocenters. The highest BCUT2D eigenvalue weighted by molar-refractivity contribution is 5.40. The van der Waals surface area contributed by atoms with Crippen molar-refractivity contribution in [2.75, 3.05) is 12.3 Å². The summed E-state index contributed by atoms with van der Waals surface area (Å²) in [6.07, 6.45) is 6.39. The zero-order valence-corrected chi connectivity index (χ0v) is 10.2. The zero-order valence-electron chi connectivity index (χ0n) is 10.2. The molecular formula is C11H21N5O. The van der Waals surface area contributed by atoms with Crippen LogP contribution in [0.5, 0.6) is 0 Å². The number of anilines is 1. The minimum atomic E-state index is 0.0490. The highest BCUT2D eigenvalue weighted by Crippen LogP contribution is 2.26. The van der Waals surface area contributed by atoms with E-state index in [-0.39, 0.29) is 6.04 Å². The summed E-state index contributed by atoms with van der Waals surface area (Å²) in [5.41, 5.74) is 9.71. The third-order valence-electron chi connectivity index (χ3n) is 3.39. The van der Waals surface area contributed by atoms with Crippen LogP contribution in [0.4, 0.5) is 5.82 Å². The Labute approximate surface area is 101 Å². The van der Waals surface area contributed by atoms with E-state index in [0.29, 0.717) is 11.9 Å². The van der Waals surface area contributed by atoms with E-state index >= 15 is 0 Å². The second kappa shape index (κ2) is 5.48. The van der Waals surface area contributed by atoms with Gasteiger partial charge in [-0.1, -0.05) is 0 Å². The first-order valence-electron chi connectivity index (χ1n) is 6.07. The van der Waals surface area contributed by atoms with Crippen molar-refractivity contribution < 1.29 is 4.74 Å². The molecule has 96 valence electrons. The fourth-order valence-electron chi connectivity index (χ4n) is 2.29. The van der Waals surface area contributed by atoms with Crippen LogP contribution in [0, 0.1) is 0 Å². The zero-order chi connectivity index (χ0) is 12.3. The van der Waals surface area contributed by atoms with Crippen molar-refractivity contribution >= 4 is 5.82 Å². The van der Waals surface area contributed by atoms with E-state index in [1.54, 1.807) is 10.9 Å². The number of nitrogen functional groups attached to an aromatic ring is 1. The van der Waals surface area contributed by atoms with Gasteiger partial charge in [0, 0.05) is 19.2 Å². The molecule has 6 nitrogen and oxygen atoms in total. The molecule has 2 unspecified atom stereocenters. The normalized spacial score (nSPS) is 21.9. The Kier molecular flexibility index (Phi) is 3.98. The summed E-state index contributed by atoms with van der Waals surface area (Å²) in [4.78, 5) is 0. The van der Waals surface area contributed by atoms with Gasteiger partial charge in [-0.05, 0) is 25.7 Å². The van der Waals surface area contributed by atoms with Crippen LogP contribution in [0.25, 0.3) is 0 Å². The minimum absolute atomic E-state index is 0.0490. The Morgan fingerprint density at radius 3 is 3.06 bits per heavy atom. The van der Waals surface area contributed by atoms with Crippen molar-refractivity contribution in [3.05, 3.63) is 11.8 Å². The number of nitrogens with zero attached hydrogens (tertiary/aromatic N) is 2. The number of aryl methyl sites for hydroxylation is 1. The third-order valence-corrected chi connectivity index (χ3v) is 3.39. The van der Waals surface area contributed by atoms with Crippen LogP contribution in [0.2, 0.25) is 0 Å². The lowest BCUT2D eigenvalue weighted by atomic mass is 10.0. The second-order valence-electron chi connectivity index (χ2n) is 4.54. The molecule has 1 aromatic heterocycles. The molecule has 0 aromatic carbocycles. The van der Waals surface area contributed by atoms with Gasteiger partial charge in [-0.15, -0.1) is 0 Å². The molecule has 0 spiro atoms. The number of rotatable bonds is 5. The van der Waals surface area contributed by atoms with E-state index in [1.807, 2.05) is 7.05 Å². The molecule has 0 saturated carbocycles. The maximum atomic E-state index is 5.94. The highest BCUT2D eigenvalue weighted by atomic mass is 16.5. The van der Waals surface area contributed by atoms with E-state index in [2.05, 4.69) is 10.5 Å². The topological polar surface area (TPSA) is 91.1 Å². The smallest absolute Gasteiger partial charge is 0.126 e. The summed E-state index contributed by atoms with van der Waals surface area (Å²) < 4.78 is 7.26. The van der Waals surface area contributed by atoms with Gasteiger partial charge < -0.3 is 10.5 Å². The van der Waals surface area contributed by atoms with Crippen LogP contribution in [-0.2, 0) is 11.8 Å². The quantitative estimate of drug-likeness (QED) is 0.513. The predicted molar refractivity (Wildman–Crippen MR) is 65.9 cm³/mol. The van der Waals surface area contributed by atoms with E-state index in [4.69, 9.17) is 16.3 Å². The maximum Gasteiger partial charge on any atom is 0.126 e. The molecule has 2 rings (SSSR count). The van der Waals surface area contributed by atoms with Crippen molar-refractivity contribution in [1.29, 1.82) is 0 Å². The molecule has 17 heavy (non-hydrogen) atoms. The van der Waals surface area contributed by atoms with Gasteiger partial charge in [-0.3, -0.25) is 16.0 Å². The van der Waals surface area contributed by atoms with Gasteiger partial charge in [-0.2, -0.15) is 5.10 Å². The average molecular weight is 239 g/mol. The molecule has 1 aromatic rings. The lowest BCUT2D eigenvalue weighted by molar-refractivity contribution is 0.0996. The summed E-state index contributed by atoms with van der Waals surface area (Å²) >= 11 is 0. The monoisotopic (exact) mass is 239 g/mol. The number of hydrogen-bond acceptors (Lipinski definition) is 5. The number of ether oxygens (including phenoxy) is 1. The Bertz CT molecular complexity index is 359. The highest BCUT2D eigenvalue weighted by Gasteiger charge is 2.20. The summed E-state index contributed by atoms with van der Waals surface area (Å²) in [5, 5.41) is 4.13. The fraction of sp³-hybridized carbons (Fsp3) is 0.727. The molecule has 0 radical (unpaired) electrons. The first kappa shape index (κ1) is 12.3. The molecule has 5 N–H and O–H groups in total. The number of nitrogens with two attached hydrogens (primary N) is 2. The van der Waals surface area contributed by atoms with Gasteiger partial charge in [0.15, 0.2) is 0 Å². The van der Waals surface area contributed by atoms with Gasteiger partial charge in [0.1, 0.15) is 5.82 Å². The predicted octanol–water partition coefficient (Wildman–Crippen LogP) is 0.466. The van der Waals surface area contributed by atoms with Crippen LogP contribution < -0.4 is 17.0 Å². The van der Waals surface area contributed by atoms with Crippen molar-refractivity contribution in [3.63, 3.8) is 0 Å². The van der Waals surface area contributed by atoms with Gasteiger partial charge in [0.05, 0.1) is 18.3 Å². The van der Waals surface area contributed by atoms with E-state index in [1.165, 1.54) is 6.42 Å². The van der Waals surface area contributed by atoms with Crippen molar-refractivity contribution in [1.82, 2.24) is 15.2 Å². The fourth-order valence-corrected chi connectivity index (χ4v) is 2.29. The Hall–Kier alpha value is -1.11. The van der Waals surface area contributed by atoms with E-state index < -0.39 is 0 Å². The van der Waals surface area contributed by atoms with Gasteiger partial charge in [-0.25, -0.2) is 0 Å². The molecule has 0 bridgehead atoms. The van der Waals surface area contributed by atoms with Gasteiger partial charge in [0.2, 0.25) is 0 Å². The standard InChI is InChI=1S/C11H21N5O/c1-16-11(12)9(7-14-16)10(15-13)5-4-8-3-2-6-17-8/h7-8,10,15H,2-6,12-13H2,1H3. The molecular weight excluding hydrogens is 218 g/mol. The molecule has 1 aliphatic rings. The molecule has 6 heteroatoms. The minimum Gasteiger partial charge on any atom is -0.384 e. The lowest BCUT2D eigenvalue weighted by Crippen LogP contribution is -2.29. The van der Waals surface area contributed by atoms with E-state index in [9.17, 15) is 0 Å². The SMILES string of the molecule is Cn1ncc(C(CCC2CCCO2)NN)c1N. The Morgan fingerprint density at radius 1 is 1.71 bits per heavy atom. The summed E-state index contributed by atoms with van der Waals surface area (Å²) in [6.45, 7) is 0.889. The lowest BCUT2D eigenvalue weighted by Gasteiger charge is -2.17. The molecule has 0 aliphatic carbocycles. The van der Waals surface area contributed by atoms with Gasteiger partial charge in [0.25, 0.3) is 0 Å². The first-order chi connectivity index (χ1) is 8.22. The average Bonchev–Trinajstić information content (AvgIpc) is 2.94.